The van der Waals surface area contributed by atoms with Gasteiger partial charge in [-0.15, -0.1) is 0 Å². The van der Waals surface area contributed by atoms with Crippen LogP contribution in [0.4, 0.5) is 0 Å². The second kappa shape index (κ2) is 9.00. The Kier molecular flexibility index (Phi) is 8.01. The smallest absolute Gasteiger partial charge is 0.547 e. The summed E-state index contributed by atoms with van der Waals surface area (Å²) in [7, 11) is 0. The van der Waals surface area contributed by atoms with Crippen molar-refractivity contribution >= 4 is 14.5 Å². The van der Waals surface area contributed by atoms with Gasteiger partial charge >= 0.3 is 14.5 Å². The minimum atomic E-state index is -1.21. The molecule has 0 radical (unpaired) electrons. The van der Waals surface area contributed by atoms with E-state index in [1.54, 1.807) is 0 Å². The van der Waals surface area contributed by atoms with E-state index >= 15 is 0 Å². The molecule has 0 bridgehead atoms. The summed E-state index contributed by atoms with van der Waals surface area (Å²) < 4.78 is 6.76. The summed E-state index contributed by atoms with van der Waals surface area (Å²) in [6, 6.07) is 6.70. The van der Waals surface area contributed by atoms with Gasteiger partial charge in [0.2, 0.25) is 0 Å². The molecule has 0 heterocycles. The number of para-hydroxylation sites is 1. The largest absolute Gasteiger partial charge is 0.642 e. The number of hydrogen-bond donors (Lipinski definition) is 0. The topological polar surface area (TPSA) is 9.23 Å². The predicted molar refractivity (Wildman–Crippen MR) is 100 cm³/mol. The van der Waals surface area contributed by atoms with Crippen molar-refractivity contribution < 1.29 is 3.79 Å². The Morgan fingerprint density at radius 1 is 0.773 bits per heavy atom. The van der Waals surface area contributed by atoms with E-state index in [9.17, 15) is 0 Å². The van der Waals surface area contributed by atoms with E-state index in [0.29, 0.717) is 11.8 Å². The molecule has 0 N–H and O–H groups in total. The first kappa shape index (κ1) is 19.6. The zero-order valence-electron chi connectivity index (χ0n) is 15.9. The molecule has 0 aliphatic rings. The predicted octanol–water partition coefficient (Wildman–Crippen LogP) is 6.62. The SMILES string of the molecule is CC(C)[CH2][Al]([CH2]C(C)C)[O]c1c(C(C)C)cccc1C(C)C. The van der Waals surface area contributed by atoms with Gasteiger partial charge in [-0.2, -0.15) is 0 Å². The fraction of sp³-hybridized carbons (Fsp3) is 0.700. The zero-order valence-corrected chi connectivity index (χ0v) is 17.1. The molecular formula is C20H35AlO. The van der Waals surface area contributed by atoms with E-state index in [1.165, 1.54) is 27.4 Å². The highest BCUT2D eigenvalue weighted by molar-refractivity contribution is 6.52. The van der Waals surface area contributed by atoms with Crippen molar-refractivity contribution in [3.63, 3.8) is 0 Å². The van der Waals surface area contributed by atoms with Crippen molar-refractivity contribution in [1.29, 1.82) is 0 Å². The van der Waals surface area contributed by atoms with Crippen LogP contribution in [-0.2, 0) is 0 Å². The molecule has 0 saturated carbocycles. The molecule has 0 atom stereocenters. The van der Waals surface area contributed by atoms with Crippen LogP contribution in [0, 0.1) is 11.8 Å². The van der Waals surface area contributed by atoms with Gasteiger partial charge in [-0.05, 0) is 23.0 Å². The van der Waals surface area contributed by atoms with Crippen molar-refractivity contribution in [3.05, 3.63) is 29.3 Å². The average Bonchev–Trinajstić information content (AvgIpc) is 2.36. The second-order valence-corrected chi connectivity index (χ2v) is 10.5. The third kappa shape index (κ3) is 5.98. The first-order valence-corrected chi connectivity index (χ1v) is 11.1. The molecule has 0 unspecified atom stereocenters. The van der Waals surface area contributed by atoms with Gasteiger partial charge in [0.15, 0.2) is 0 Å². The second-order valence-electron chi connectivity index (χ2n) is 8.07. The van der Waals surface area contributed by atoms with Gasteiger partial charge in [0.25, 0.3) is 0 Å². The van der Waals surface area contributed by atoms with E-state index in [1.807, 2.05) is 0 Å². The zero-order chi connectivity index (χ0) is 16.9. The summed E-state index contributed by atoms with van der Waals surface area (Å²) in [6.07, 6.45) is 0. The number of benzene rings is 1. The third-order valence-electron chi connectivity index (χ3n) is 4.07. The van der Waals surface area contributed by atoms with E-state index in [0.717, 1.165) is 11.8 Å². The standard InChI is InChI=1S/C12H18O.2C4H9.Al/c1-8(2)10-6-5-7-11(9(3)4)12(10)13;2*1-4(2)3;/h5-9,13H,1-4H3;2*4H,1H2,2-3H3;/q;;;+1/p-1. The lowest BCUT2D eigenvalue weighted by atomic mass is 9.94. The van der Waals surface area contributed by atoms with Gasteiger partial charge in [-0.3, -0.25) is 0 Å². The van der Waals surface area contributed by atoms with E-state index < -0.39 is 14.5 Å². The molecule has 1 rings (SSSR count). The molecule has 124 valence electrons. The summed E-state index contributed by atoms with van der Waals surface area (Å²) in [5.41, 5.74) is 2.77. The van der Waals surface area contributed by atoms with Crippen LogP contribution in [-0.4, -0.2) is 14.5 Å². The first-order valence-electron chi connectivity index (χ1n) is 9.01. The van der Waals surface area contributed by atoms with Gasteiger partial charge in [0, 0.05) is 0 Å². The Balaban J connectivity index is 3.15. The number of hydrogen-bond acceptors (Lipinski definition) is 1. The van der Waals surface area contributed by atoms with Crippen LogP contribution in [0.5, 0.6) is 5.75 Å². The van der Waals surface area contributed by atoms with Crippen LogP contribution < -0.4 is 3.79 Å². The molecule has 0 saturated heterocycles. The monoisotopic (exact) mass is 318 g/mol. The molecule has 0 aliphatic carbocycles. The van der Waals surface area contributed by atoms with Crippen LogP contribution >= 0.6 is 0 Å². The highest BCUT2D eigenvalue weighted by Crippen LogP contribution is 2.36. The van der Waals surface area contributed by atoms with Crippen LogP contribution in [0.2, 0.25) is 10.6 Å². The van der Waals surface area contributed by atoms with Crippen molar-refractivity contribution in [2.45, 2.75) is 77.8 Å². The molecular weight excluding hydrogens is 283 g/mol. The molecule has 0 fully saturated rings. The fourth-order valence-electron chi connectivity index (χ4n) is 3.03. The molecule has 2 heteroatoms. The van der Waals surface area contributed by atoms with Crippen LogP contribution in [0.1, 0.15) is 78.4 Å². The third-order valence-corrected chi connectivity index (χ3v) is 7.58. The van der Waals surface area contributed by atoms with Crippen molar-refractivity contribution in [2.24, 2.45) is 11.8 Å². The molecule has 0 aliphatic heterocycles. The maximum Gasteiger partial charge on any atom is 0.547 e. The van der Waals surface area contributed by atoms with E-state index in [2.05, 4.69) is 73.6 Å². The van der Waals surface area contributed by atoms with Gasteiger partial charge in [0.1, 0.15) is 0 Å². The normalized spacial score (nSPS) is 11.8. The van der Waals surface area contributed by atoms with Crippen molar-refractivity contribution in [3.8, 4) is 5.75 Å². The molecule has 1 aromatic rings. The summed E-state index contributed by atoms with van der Waals surface area (Å²) >= 11 is -1.21. The maximum atomic E-state index is 6.76. The minimum absolute atomic E-state index is 0.515. The Hall–Kier alpha value is -0.448. The molecule has 22 heavy (non-hydrogen) atoms. The molecule has 0 amide bonds. The van der Waals surface area contributed by atoms with Gasteiger partial charge in [-0.1, -0.05) is 96.0 Å². The lowest BCUT2D eigenvalue weighted by molar-refractivity contribution is 0.508. The first-order chi connectivity index (χ1) is 10.2. The Bertz CT molecular complexity index is 413. The van der Waals surface area contributed by atoms with Crippen LogP contribution in [0.3, 0.4) is 0 Å². The Labute approximate surface area is 143 Å². The minimum Gasteiger partial charge on any atom is -0.642 e. The molecule has 0 aromatic heterocycles. The van der Waals surface area contributed by atoms with E-state index in [-0.39, 0.29) is 0 Å². The van der Waals surface area contributed by atoms with Gasteiger partial charge < -0.3 is 3.79 Å². The molecule has 1 aromatic carbocycles. The quantitative estimate of drug-likeness (QED) is 0.490. The lowest BCUT2D eigenvalue weighted by Gasteiger charge is -2.26. The van der Waals surface area contributed by atoms with Crippen molar-refractivity contribution in [2.75, 3.05) is 0 Å². The van der Waals surface area contributed by atoms with Crippen molar-refractivity contribution in [1.82, 2.24) is 0 Å². The summed E-state index contributed by atoms with van der Waals surface area (Å²) in [4.78, 5) is 0. The van der Waals surface area contributed by atoms with Gasteiger partial charge in [0.05, 0.1) is 5.75 Å². The highest BCUT2D eigenvalue weighted by atomic mass is 27.2. The fourth-order valence-corrected chi connectivity index (χ4v) is 6.12. The van der Waals surface area contributed by atoms with E-state index in [4.69, 9.17) is 3.79 Å². The number of rotatable bonds is 8. The Morgan fingerprint density at radius 3 is 1.50 bits per heavy atom. The summed E-state index contributed by atoms with van der Waals surface area (Å²) in [5, 5.41) is 2.53. The van der Waals surface area contributed by atoms with Gasteiger partial charge in [-0.25, -0.2) is 0 Å². The lowest BCUT2D eigenvalue weighted by Crippen LogP contribution is -2.26. The van der Waals surface area contributed by atoms with Crippen LogP contribution in [0.15, 0.2) is 18.2 Å². The summed E-state index contributed by atoms with van der Waals surface area (Å²) in [5.74, 6) is 3.70. The molecule has 0 spiro atoms. The maximum absolute atomic E-state index is 6.76. The summed E-state index contributed by atoms with van der Waals surface area (Å²) in [6.45, 7) is 18.4. The van der Waals surface area contributed by atoms with Crippen LogP contribution in [0.25, 0.3) is 0 Å². The highest BCUT2D eigenvalue weighted by Gasteiger charge is 2.28. The molecule has 1 nitrogen and oxygen atoms in total. The average molecular weight is 318 g/mol. The Morgan fingerprint density at radius 2 is 1.18 bits per heavy atom.